The van der Waals surface area contributed by atoms with Crippen molar-refractivity contribution in [1.29, 1.82) is 0 Å². The molecule has 280 valence electrons. The molecule has 55 heavy (non-hydrogen) atoms. The normalized spacial score (nSPS) is 16.8. The Morgan fingerprint density at radius 3 is 1.84 bits per heavy atom. The predicted octanol–water partition coefficient (Wildman–Crippen LogP) is 14.5. The van der Waals surface area contributed by atoms with Gasteiger partial charge in [-0.15, -0.1) is 0 Å². The van der Waals surface area contributed by atoms with Crippen LogP contribution in [0.4, 0.5) is 0 Å². The van der Waals surface area contributed by atoms with E-state index in [0.29, 0.717) is 23.7 Å². The topological polar surface area (TPSA) is 38.2 Å². The Morgan fingerprint density at radius 2 is 1.16 bits per heavy atom. The quantitative estimate of drug-likeness (QED) is 0.152. The van der Waals surface area contributed by atoms with E-state index in [-0.39, 0.29) is 12.0 Å². The minimum atomic E-state index is 0.0432. The van der Waals surface area contributed by atoms with Gasteiger partial charge in [0.1, 0.15) is 23.0 Å². The lowest BCUT2D eigenvalue weighted by atomic mass is 9.84. The summed E-state index contributed by atoms with van der Waals surface area (Å²) in [7, 11) is 0. The molecule has 1 aliphatic heterocycles. The van der Waals surface area contributed by atoms with Gasteiger partial charge in [-0.3, -0.25) is 0 Å². The first-order chi connectivity index (χ1) is 26.5. The fourth-order valence-electron chi connectivity index (χ4n) is 9.36. The van der Waals surface area contributed by atoms with Gasteiger partial charge in [0.05, 0.1) is 0 Å². The van der Waals surface area contributed by atoms with Gasteiger partial charge in [-0.05, 0) is 138 Å². The van der Waals surface area contributed by atoms with Crippen molar-refractivity contribution in [2.24, 2.45) is 23.7 Å². The molecule has 9 rings (SSSR count). The molecule has 0 amide bonds. The number of benzene rings is 5. The molecule has 2 aliphatic rings. The summed E-state index contributed by atoms with van der Waals surface area (Å²) >= 11 is 0. The van der Waals surface area contributed by atoms with Gasteiger partial charge in [0.15, 0.2) is 0 Å². The molecule has 3 nitrogen and oxygen atoms in total. The smallest absolute Gasteiger partial charge is 0.143 e. The lowest BCUT2D eigenvalue weighted by Crippen LogP contribution is -2.17. The van der Waals surface area contributed by atoms with E-state index in [0.717, 1.165) is 59.2 Å². The number of ether oxygens (including phenoxy) is 1. The van der Waals surface area contributed by atoms with Crippen LogP contribution in [0.15, 0.2) is 107 Å². The molecule has 0 saturated carbocycles. The molecule has 1 aliphatic carbocycles. The van der Waals surface area contributed by atoms with Crippen LogP contribution >= 0.6 is 0 Å². The van der Waals surface area contributed by atoms with Crippen molar-refractivity contribution < 1.29 is 9.15 Å². The highest BCUT2D eigenvalue weighted by Crippen LogP contribution is 2.49. The molecule has 0 fully saturated rings. The van der Waals surface area contributed by atoms with Gasteiger partial charge in [-0.1, -0.05) is 97.4 Å². The summed E-state index contributed by atoms with van der Waals surface area (Å²) in [5, 5.41) is 4.88. The Balaban J connectivity index is 1.18. The van der Waals surface area contributed by atoms with Crippen LogP contribution in [0.1, 0.15) is 90.0 Å². The average Bonchev–Trinajstić information content (AvgIpc) is 3.80. The second kappa shape index (κ2) is 13.9. The first kappa shape index (κ1) is 35.7. The molecule has 0 radical (unpaired) electrons. The summed E-state index contributed by atoms with van der Waals surface area (Å²) in [5.74, 6) is 3.64. The third-order valence-corrected chi connectivity index (χ3v) is 11.5. The molecule has 3 heterocycles. The summed E-state index contributed by atoms with van der Waals surface area (Å²) < 4.78 is 13.6. The van der Waals surface area contributed by atoms with E-state index in [1.165, 1.54) is 66.1 Å². The Kier molecular flexibility index (Phi) is 9.03. The van der Waals surface area contributed by atoms with Crippen molar-refractivity contribution in [2.75, 3.05) is 0 Å². The van der Waals surface area contributed by atoms with Crippen LogP contribution in [0, 0.1) is 23.7 Å². The first-order valence-corrected chi connectivity index (χ1v) is 20.7. The largest absolute Gasteiger partial charge is 0.484 e. The maximum atomic E-state index is 6.85. The number of hydrogen-bond acceptors (Lipinski definition) is 2. The van der Waals surface area contributed by atoms with E-state index in [4.69, 9.17) is 9.15 Å². The van der Waals surface area contributed by atoms with Gasteiger partial charge in [0.2, 0.25) is 0 Å². The van der Waals surface area contributed by atoms with E-state index in [1.807, 2.05) is 0 Å². The molecule has 0 spiro atoms. The molecule has 2 atom stereocenters. The van der Waals surface area contributed by atoms with Crippen LogP contribution in [0.3, 0.4) is 0 Å². The molecule has 0 saturated heterocycles. The van der Waals surface area contributed by atoms with Gasteiger partial charge in [0.25, 0.3) is 0 Å². The molecule has 5 aromatic carbocycles. The maximum absolute atomic E-state index is 6.85. The molecule has 2 aromatic heterocycles. The minimum Gasteiger partial charge on any atom is -0.484 e. The van der Waals surface area contributed by atoms with Gasteiger partial charge in [-0.2, -0.15) is 0 Å². The van der Waals surface area contributed by atoms with Gasteiger partial charge >= 0.3 is 0 Å². The van der Waals surface area contributed by atoms with Crippen molar-refractivity contribution in [1.82, 2.24) is 4.98 Å². The number of furan rings is 1. The van der Waals surface area contributed by atoms with Crippen LogP contribution in [-0.4, -0.2) is 11.1 Å². The Morgan fingerprint density at radius 1 is 0.564 bits per heavy atom. The zero-order chi connectivity index (χ0) is 38.1. The van der Waals surface area contributed by atoms with Crippen molar-refractivity contribution in [3.05, 3.63) is 125 Å². The number of fused-ring (bicyclic) bond motifs is 9. The van der Waals surface area contributed by atoms with Gasteiger partial charge in [0, 0.05) is 55.2 Å². The molecule has 1 N–H and O–H groups in total. The second-order valence-electron chi connectivity index (χ2n) is 18.3. The number of hydrogen-bond donors (Lipinski definition) is 1. The van der Waals surface area contributed by atoms with Gasteiger partial charge < -0.3 is 14.1 Å². The maximum Gasteiger partial charge on any atom is 0.143 e. The van der Waals surface area contributed by atoms with E-state index in [9.17, 15) is 0 Å². The third kappa shape index (κ3) is 6.70. The second-order valence-corrected chi connectivity index (χ2v) is 18.3. The summed E-state index contributed by atoms with van der Waals surface area (Å²) in [6, 6.07) is 30.1. The van der Waals surface area contributed by atoms with E-state index >= 15 is 0 Å². The van der Waals surface area contributed by atoms with Crippen molar-refractivity contribution in [3.63, 3.8) is 0 Å². The highest BCUT2D eigenvalue weighted by molar-refractivity contribution is 6.13. The Hall–Kier alpha value is -5.02. The van der Waals surface area contributed by atoms with Gasteiger partial charge in [-0.25, -0.2) is 0 Å². The van der Waals surface area contributed by atoms with Crippen LogP contribution in [0.2, 0.25) is 0 Å². The number of rotatable bonds is 10. The molecule has 2 unspecified atom stereocenters. The molecular weight excluding hydrogens is 671 g/mol. The summed E-state index contributed by atoms with van der Waals surface area (Å²) in [6.45, 7) is 18.4. The number of aromatic nitrogens is 1. The fourth-order valence-corrected chi connectivity index (χ4v) is 9.36. The zero-order valence-corrected chi connectivity index (χ0v) is 33.8. The Labute approximate surface area is 326 Å². The van der Waals surface area contributed by atoms with Crippen LogP contribution in [-0.2, 0) is 19.3 Å². The monoisotopic (exact) mass is 725 g/mol. The predicted molar refractivity (Wildman–Crippen MR) is 233 cm³/mol. The minimum absolute atomic E-state index is 0.0432. The average molecular weight is 726 g/mol. The van der Waals surface area contributed by atoms with Crippen molar-refractivity contribution in [2.45, 2.75) is 93.1 Å². The van der Waals surface area contributed by atoms with E-state index in [2.05, 4.69) is 157 Å². The zero-order valence-electron chi connectivity index (χ0n) is 33.8. The highest BCUT2D eigenvalue weighted by Gasteiger charge is 2.36. The van der Waals surface area contributed by atoms with Crippen LogP contribution in [0.5, 0.6) is 5.75 Å². The lowest BCUT2D eigenvalue weighted by molar-refractivity contribution is 0.269. The Bertz CT molecular complexity index is 2660. The summed E-state index contributed by atoms with van der Waals surface area (Å²) in [4.78, 5) is 3.73. The van der Waals surface area contributed by atoms with Crippen LogP contribution in [0.25, 0.3) is 66.0 Å². The van der Waals surface area contributed by atoms with Crippen molar-refractivity contribution >= 4 is 43.7 Å². The lowest BCUT2D eigenvalue weighted by Gasteiger charge is -2.19. The fraction of sp³-hybridized carbons (Fsp3) is 0.346. The number of aromatic amines is 1. The third-order valence-electron chi connectivity index (χ3n) is 11.5. The molecule has 7 aromatic rings. The van der Waals surface area contributed by atoms with Crippen LogP contribution < -0.4 is 4.74 Å². The number of H-pyrrole nitrogens is 1. The standard InChI is InChI=1S/C52H55NO2/c1-29(2)17-33-9-15-49-43(21-33)45-25-35(19-31(5)6)23-39(51(45)54-49)37-11-13-47-41(27-37)42-28-38(12-14-48(42)53-47)40-24-36(20-32(7)8)26-46-44-22-34(18-30(3)4)10-16-50(44)55-52(40)46/h9-16,21-32,43,49,53H,17-20H2,1-8H3. The number of nitrogens with one attached hydrogen (secondary N) is 1. The molecule has 0 bridgehead atoms. The first-order valence-electron chi connectivity index (χ1n) is 20.7. The summed E-state index contributed by atoms with van der Waals surface area (Å²) in [6.07, 6.45) is 11.3. The number of allylic oxidation sites excluding steroid dienone is 2. The highest BCUT2D eigenvalue weighted by atomic mass is 16.5. The molecular formula is C52H55NO2. The van der Waals surface area contributed by atoms with Crippen molar-refractivity contribution in [3.8, 4) is 28.0 Å². The van der Waals surface area contributed by atoms with E-state index < -0.39 is 0 Å². The van der Waals surface area contributed by atoms with E-state index in [1.54, 1.807) is 0 Å². The SMILES string of the molecule is CC(C)CC1=CC2c3cc(CC(C)C)cc(-c4ccc5[nH]c6ccc(-c7cc(CC(C)C)cc8c7oc7ccc(CC(C)C)cc78)cc6c5c4)c3OC2C=C1. The molecule has 3 heteroatoms. The summed E-state index contributed by atoms with van der Waals surface area (Å²) in [5.41, 5.74) is 15.8.